The lowest BCUT2D eigenvalue weighted by Crippen LogP contribution is -2.52. The highest BCUT2D eigenvalue weighted by Gasteiger charge is 2.30. The van der Waals surface area contributed by atoms with Crippen LogP contribution in [0.4, 0.5) is 0 Å². The quantitative estimate of drug-likeness (QED) is 0.552. The Bertz CT molecular complexity index is 307. The zero-order valence-electron chi connectivity index (χ0n) is 11.1. The number of likely N-dealkylation sites (N-methyl/N-ethyl adjacent to an activating group) is 1. The fourth-order valence-electron chi connectivity index (χ4n) is 1.30. The number of nitrogens with one attached hydrogen (secondary N) is 1. The molecule has 0 saturated heterocycles. The van der Waals surface area contributed by atoms with Gasteiger partial charge >= 0.3 is 0 Å². The van der Waals surface area contributed by atoms with Gasteiger partial charge in [0.2, 0.25) is 10.0 Å². The zero-order chi connectivity index (χ0) is 13.1. The molecule has 0 aliphatic rings. The molecule has 0 bridgehead atoms. The summed E-state index contributed by atoms with van der Waals surface area (Å²) in [5, 5.41) is -0.407. The van der Waals surface area contributed by atoms with Crippen LogP contribution in [-0.2, 0) is 10.0 Å². The number of hydrogen-bond acceptors (Lipinski definition) is 4. The maximum absolute atomic E-state index is 11.9. The van der Waals surface area contributed by atoms with E-state index in [1.54, 1.807) is 20.9 Å². The molecular weight excluding hydrogens is 226 g/mol. The number of sulfonamides is 1. The second kappa shape index (κ2) is 5.44. The van der Waals surface area contributed by atoms with Crippen molar-refractivity contribution >= 4 is 10.0 Å². The van der Waals surface area contributed by atoms with Crippen molar-refractivity contribution in [2.45, 2.75) is 45.9 Å². The van der Waals surface area contributed by atoms with Crippen molar-refractivity contribution < 1.29 is 8.42 Å². The van der Waals surface area contributed by atoms with Gasteiger partial charge in [0, 0.05) is 19.6 Å². The molecule has 0 aliphatic heterocycles. The lowest BCUT2D eigenvalue weighted by atomic mass is 9.87. The summed E-state index contributed by atoms with van der Waals surface area (Å²) in [5.74, 6) is 5.46. The Morgan fingerprint density at radius 1 is 1.31 bits per heavy atom. The molecule has 0 fully saturated rings. The van der Waals surface area contributed by atoms with Crippen molar-refractivity contribution in [3.63, 3.8) is 0 Å². The van der Waals surface area contributed by atoms with Gasteiger partial charge in [0.1, 0.15) is 0 Å². The van der Waals surface area contributed by atoms with E-state index in [4.69, 9.17) is 5.84 Å². The smallest absolute Gasteiger partial charge is 0.216 e. The third-order valence-corrected chi connectivity index (χ3v) is 4.93. The molecule has 0 radical (unpaired) electrons. The van der Waals surface area contributed by atoms with E-state index >= 15 is 0 Å². The highest BCUT2D eigenvalue weighted by molar-refractivity contribution is 7.89. The van der Waals surface area contributed by atoms with E-state index < -0.39 is 15.3 Å². The van der Waals surface area contributed by atoms with Gasteiger partial charge in [-0.2, -0.15) is 0 Å². The van der Waals surface area contributed by atoms with Crippen molar-refractivity contribution in [2.75, 3.05) is 13.6 Å². The van der Waals surface area contributed by atoms with Gasteiger partial charge in [0.25, 0.3) is 0 Å². The summed E-state index contributed by atoms with van der Waals surface area (Å²) in [6.07, 6.45) is 0. The number of hydrogen-bond donors (Lipinski definition) is 2. The third kappa shape index (κ3) is 4.01. The summed E-state index contributed by atoms with van der Waals surface area (Å²) in [5.41, 5.74) is 2.59. The zero-order valence-corrected chi connectivity index (χ0v) is 11.9. The molecule has 0 aliphatic carbocycles. The Hall–Kier alpha value is -0.170. The van der Waals surface area contributed by atoms with E-state index in [-0.39, 0.29) is 11.5 Å². The third-order valence-electron chi connectivity index (χ3n) is 2.72. The van der Waals surface area contributed by atoms with Crippen molar-refractivity contribution in [3.05, 3.63) is 0 Å². The van der Waals surface area contributed by atoms with Gasteiger partial charge in [0.05, 0.1) is 5.25 Å². The number of nitrogens with zero attached hydrogens (tertiary/aromatic N) is 1. The molecule has 16 heavy (non-hydrogen) atoms. The molecule has 0 spiro atoms. The van der Waals surface area contributed by atoms with Crippen LogP contribution in [-0.4, -0.2) is 37.6 Å². The second-order valence-corrected chi connectivity index (χ2v) is 8.06. The van der Waals surface area contributed by atoms with Gasteiger partial charge in [-0.15, -0.1) is 0 Å². The van der Waals surface area contributed by atoms with Gasteiger partial charge in [-0.1, -0.05) is 20.8 Å². The molecule has 0 aromatic rings. The van der Waals surface area contributed by atoms with E-state index in [2.05, 4.69) is 5.43 Å². The number of nitrogens with two attached hydrogens (primary N) is 1. The van der Waals surface area contributed by atoms with Crippen LogP contribution in [0.15, 0.2) is 0 Å². The van der Waals surface area contributed by atoms with Gasteiger partial charge in [-0.3, -0.25) is 11.3 Å². The molecule has 0 heterocycles. The lowest BCUT2D eigenvalue weighted by molar-refractivity contribution is 0.236. The van der Waals surface area contributed by atoms with Gasteiger partial charge in [0.15, 0.2) is 0 Å². The van der Waals surface area contributed by atoms with Crippen LogP contribution < -0.4 is 11.3 Å². The first-order chi connectivity index (χ1) is 7.03. The van der Waals surface area contributed by atoms with E-state index in [9.17, 15) is 8.42 Å². The highest BCUT2D eigenvalue weighted by Crippen LogP contribution is 2.20. The van der Waals surface area contributed by atoms with Crippen molar-refractivity contribution in [1.82, 2.24) is 9.73 Å². The van der Waals surface area contributed by atoms with Crippen LogP contribution >= 0.6 is 0 Å². The molecule has 0 saturated carbocycles. The van der Waals surface area contributed by atoms with Crippen molar-refractivity contribution in [3.8, 4) is 0 Å². The Morgan fingerprint density at radius 3 is 2.00 bits per heavy atom. The molecule has 0 amide bonds. The summed E-state index contributed by atoms with van der Waals surface area (Å²) in [4.78, 5) is 0. The van der Waals surface area contributed by atoms with Gasteiger partial charge < -0.3 is 0 Å². The predicted octanol–water partition coefficient (Wildman–Crippen LogP) is 0.534. The molecule has 0 unspecified atom stereocenters. The molecule has 1 atom stereocenters. The summed E-state index contributed by atoms with van der Waals surface area (Å²) in [6.45, 7) is 9.79. The minimum atomic E-state index is -3.20. The summed E-state index contributed by atoms with van der Waals surface area (Å²) in [6, 6.07) is -0.0778. The molecule has 6 heteroatoms. The Morgan fingerprint density at radius 2 is 1.75 bits per heavy atom. The van der Waals surface area contributed by atoms with Crippen LogP contribution in [0.1, 0.15) is 34.6 Å². The van der Waals surface area contributed by atoms with Crippen LogP contribution in [0.2, 0.25) is 0 Å². The fraction of sp³-hybridized carbons (Fsp3) is 1.00. The van der Waals surface area contributed by atoms with Gasteiger partial charge in [-0.25, -0.2) is 12.7 Å². The monoisotopic (exact) mass is 251 g/mol. The van der Waals surface area contributed by atoms with Crippen LogP contribution in [0.25, 0.3) is 0 Å². The fourth-order valence-corrected chi connectivity index (χ4v) is 2.37. The maximum atomic E-state index is 11.9. The summed E-state index contributed by atoms with van der Waals surface area (Å²) >= 11 is 0. The maximum Gasteiger partial charge on any atom is 0.216 e. The highest BCUT2D eigenvalue weighted by atomic mass is 32.2. The largest absolute Gasteiger partial charge is 0.271 e. The first-order valence-electron chi connectivity index (χ1n) is 5.44. The average Bonchev–Trinajstić information content (AvgIpc) is 2.11. The average molecular weight is 251 g/mol. The molecule has 3 N–H and O–H groups in total. The van der Waals surface area contributed by atoms with Crippen molar-refractivity contribution in [2.24, 2.45) is 11.3 Å². The SMILES string of the molecule is CC(C)S(=O)(=O)N(C)C[C@@H](NN)C(C)(C)C. The molecule has 0 aromatic carbocycles. The van der Waals surface area contributed by atoms with E-state index in [1.165, 1.54) is 4.31 Å². The topological polar surface area (TPSA) is 75.4 Å². The van der Waals surface area contributed by atoms with E-state index in [0.717, 1.165) is 0 Å². The summed E-state index contributed by atoms with van der Waals surface area (Å²) < 4.78 is 25.1. The van der Waals surface area contributed by atoms with Crippen LogP contribution in [0.5, 0.6) is 0 Å². The standard InChI is InChI=1S/C10H25N3O2S/c1-8(2)16(14,15)13(6)7-9(12-11)10(3,4)5/h8-9,12H,7,11H2,1-6H3/t9-/m1/s1. The Labute approximate surface area is 99.4 Å². The van der Waals surface area contributed by atoms with Crippen LogP contribution in [0, 0.1) is 5.41 Å². The minimum Gasteiger partial charge on any atom is -0.271 e. The number of rotatable bonds is 5. The first-order valence-corrected chi connectivity index (χ1v) is 6.95. The first kappa shape index (κ1) is 15.8. The van der Waals surface area contributed by atoms with E-state index in [1.807, 2.05) is 20.8 Å². The minimum absolute atomic E-state index is 0.0778. The van der Waals surface area contributed by atoms with Crippen molar-refractivity contribution in [1.29, 1.82) is 0 Å². The Balaban J connectivity index is 4.74. The molecule has 5 nitrogen and oxygen atoms in total. The Kier molecular flexibility index (Phi) is 5.38. The van der Waals surface area contributed by atoms with E-state index in [0.29, 0.717) is 6.54 Å². The molecular formula is C10H25N3O2S. The molecule has 98 valence electrons. The molecule has 0 aromatic heterocycles. The predicted molar refractivity (Wildman–Crippen MR) is 67.3 cm³/mol. The lowest BCUT2D eigenvalue weighted by Gasteiger charge is -2.33. The van der Waals surface area contributed by atoms with Crippen LogP contribution in [0.3, 0.4) is 0 Å². The normalized spacial score (nSPS) is 15.8. The second-order valence-electron chi connectivity index (χ2n) is 5.46. The molecule has 0 rings (SSSR count). The summed E-state index contributed by atoms with van der Waals surface area (Å²) in [7, 11) is -1.62. The van der Waals surface area contributed by atoms with Gasteiger partial charge in [-0.05, 0) is 19.3 Å². The number of hydrazine groups is 1.